The standard InChI is InChI=1S/C13H14ClFN2O/c1-2-17-8-9(7-16-17)6-12(18)10-4-3-5-11(14)13(10)15/h3-5,7-8,12,18H,2,6H2,1H3. The van der Waals surface area contributed by atoms with Gasteiger partial charge in [-0.15, -0.1) is 0 Å². The van der Waals surface area contributed by atoms with Gasteiger partial charge in [-0.2, -0.15) is 5.10 Å². The molecule has 0 saturated heterocycles. The highest BCUT2D eigenvalue weighted by atomic mass is 35.5. The Morgan fingerprint density at radius 1 is 1.50 bits per heavy atom. The monoisotopic (exact) mass is 268 g/mol. The summed E-state index contributed by atoms with van der Waals surface area (Å²) in [5, 5.41) is 14.2. The summed E-state index contributed by atoms with van der Waals surface area (Å²) in [6.45, 7) is 2.74. The van der Waals surface area contributed by atoms with Gasteiger partial charge in [0.2, 0.25) is 0 Å². The van der Waals surface area contributed by atoms with Crippen LogP contribution in [0, 0.1) is 5.82 Å². The summed E-state index contributed by atoms with van der Waals surface area (Å²) in [7, 11) is 0. The Kier molecular flexibility index (Phi) is 3.99. The van der Waals surface area contributed by atoms with E-state index in [-0.39, 0.29) is 10.6 Å². The van der Waals surface area contributed by atoms with E-state index in [0.717, 1.165) is 12.1 Å². The Hall–Kier alpha value is -1.39. The number of nitrogens with zero attached hydrogens (tertiary/aromatic N) is 2. The fourth-order valence-electron chi connectivity index (χ4n) is 1.80. The van der Waals surface area contributed by atoms with Crippen LogP contribution < -0.4 is 0 Å². The minimum Gasteiger partial charge on any atom is -0.388 e. The van der Waals surface area contributed by atoms with Gasteiger partial charge in [-0.1, -0.05) is 23.7 Å². The molecule has 2 rings (SSSR count). The normalized spacial score (nSPS) is 12.7. The third-order valence-corrected chi connectivity index (χ3v) is 3.07. The molecule has 0 aliphatic rings. The van der Waals surface area contributed by atoms with Crippen molar-refractivity contribution in [2.45, 2.75) is 26.0 Å². The van der Waals surface area contributed by atoms with Crippen molar-refractivity contribution in [2.75, 3.05) is 0 Å². The highest BCUT2D eigenvalue weighted by molar-refractivity contribution is 6.30. The second-order valence-electron chi connectivity index (χ2n) is 4.07. The Bertz CT molecular complexity index is 542. The number of halogens is 2. The summed E-state index contributed by atoms with van der Waals surface area (Å²) in [4.78, 5) is 0. The van der Waals surface area contributed by atoms with Crippen LogP contribution in [-0.2, 0) is 13.0 Å². The van der Waals surface area contributed by atoms with E-state index in [1.807, 2.05) is 13.1 Å². The second kappa shape index (κ2) is 5.50. The van der Waals surface area contributed by atoms with E-state index in [9.17, 15) is 9.50 Å². The molecule has 0 radical (unpaired) electrons. The molecule has 18 heavy (non-hydrogen) atoms. The van der Waals surface area contributed by atoms with Gasteiger partial charge in [0.1, 0.15) is 5.82 Å². The third-order valence-electron chi connectivity index (χ3n) is 2.78. The van der Waals surface area contributed by atoms with Crippen LogP contribution in [0.25, 0.3) is 0 Å². The predicted octanol–water partition coefficient (Wildman–Crippen LogP) is 2.97. The maximum Gasteiger partial charge on any atom is 0.147 e. The summed E-state index contributed by atoms with van der Waals surface area (Å²) in [6.07, 6.45) is 2.91. The second-order valence-corrected chi connectivity index (χ2v) is 4.47. The van der Waals surface area contributed by atoms with E-state index in [4.69, 9.17) is 11.6 Å². The van der Waals surface area contributed by atoms with E-state index < -0.39 is 11.9 Å². The molecule has 1 unspecified atom stereocenters. The lowest BCUT2D eigenvalue weighted by atomic mass is 10.0. The highest BCUT2D eigenvalue weighted by Gasteiger charge is 2.16. The minimum absolute atomic E-state index is 0.0239. The fourth-order valence-corrected chi connectivity index (χ4v) is 1.98. The molecule has 5 heteroatoms. The molecule has 1 heterocycles. The highest BCUT2D eigenvalue weighted by Crippen LogP contribution is 2.25. The zero-order valence-corrected chi connectivity index (χ0v) is 10.7. The molecule has 0 spiro atoms. The summed E-state index contributed by atoms with van der Waals surface area (Å²) in [6, 6.07) is 4.62. The van der Waals surface area contributed by atoms with Gasteiger partial charge < -0.3 is 5.11 Å². The number of hydrogen-bond acceptors (Lipinski definition) is 2. The van der Waals surface area contributed by atoms with Gasteiger partial charge in [0, 0.05) is 24.7 Å². The smallest absolute Gasteiger partial charge is 0.147 e. The molecule has 3 nitrogen and oxygen atoms in total. The number of hydrogen-bond donors (Lipinski definition) is 1. The first-order valence-corrected chi connectivity index (χ1v) is 6.13. The third kappa shape index (κ3) is 2.71. The van der Waals surface area contributed by atoms with Crippen LogP contribution in [-0.4, -0.2) is 14.9 Å². The summed E-state index contributed by atoms with van der Waals surface area (Å²) in [5.74, 6) is -0.561. The van der Waals surface area contributed by atoms with E-state index in [0.29, 0.717) is 6.42 Å². The Morgan fingerprint density at radius 3 is 2.94 bits per heavy atom. The molecule has 2 aromatic rings. The molecular formula is C13H14ClFN2O. The lowest BCUT2D eigenvalue weighted by Gasteiger charge is -2.11. The number of aliphatic hydroxyl groups excluding tert-OH is 1. The van der Waals surface area contributed by atoms with E-state index in [1.165, 1.54) is 12.1 Å². The molecule has 0 aliphatic heterocycles. The number of benzene rings is 1. The van der Waals surface area contributed by atoms with Gasteiger partial charge in [0.05, 0.1) is 17.3 Å². The maximum atomic E-state index is 13.7. The molecule has 1 atom stereocenters. The number of aliphatic hydroxyl groups is 1. The van der Waals surface area contributed by atoms with Crippen LogP contribution in [0.15, 0.2) is 30.6 Å². The maximum absolute atomic E-state index is 13.7. The molecule has 0 aliphatic carbocycles. The van der Waals surface area contributed by atoms with Crippen molar-refractivity contribution in [2.24, 2.45) is 0 Å². The molecule has 0 fully saturated rings. The molecule has 96 valence electrons. The van der Waals surface area contributed by atoms with Gasteiger partial charge in [-0.3, -0.25) is 4.68 Å². The first-order valence-electron chi connectivity index (χ1n) is 5.75. The summed E-state index contributed by atoms with van der Waals surface area (Å²) < 4.78 is 15.5. The zero-order valence-electron chi connectivity index (χ0n) is 9.98. The Morgan fingerprint density at radius 2 is 2.28 bits per heavy atom. The van der Waals surface area contributed by atoms with E-state index >= 15 is 0 Å². The molecule has 0 amide bonds. The van der Waals surface area contributed by atoms with Gasteiger partial charge >= 0.3 is 0 Å². The summed E-state index contributed by atoms with van der Waals surface area (Å²) >= 11 is 5.68. The van der Waals surface area contributed by atoms with Gasteiger partial charge in [-0.25, -0.2) is 4.39 Å². The van der Waals surface area contributed by atoms with Crippen molar-refractivity contribution in [1.82, 2.24) is 9.78 Å². The van der Waals surface area contributed by atoms with Crippen molar-refractivity contribution >= 4 is 11.6 Å². The van der Waals surface area contributed by atoms with Crippen LogP contribution in [0.5, 0.6) is 0 Å². The van der Waals surface area contributed by atoms with Crippen LogP contribution in [0.4, 0.5) is 4.39 Å². The Balaban J connectivity index is 2.16. The average molecular weight is 269 g/mol. The predicted molar refractivity (Wildman–Crippen MR) is 68.0 cm³/mol. The fraction of sp³-hybridized carbons (Fsp3) is 0.308. The van der Waals surface area contributed by atoms with Gasteiger partial charge in [0.25, 0.3) is 0 Å². The minimum atomic E-state index is -0.918. The van der Waals surface area contributed by atoms with Crippen molar-refractivity contribution < 1.29 is 9.50 Å². The van der Waals surface area contributed by atoms with E-state index in [1.54, 1.807) is 16.9 Å². The number of rotatable bonds is 4. The number of aryl methyl sites for hydroxylation is 1. The largest absolute Gasteiger partial charge is 0.388 e. The van der Waals surface area contributed by atoms with Crippen molar-refractivity contribution in [1.29, 1.82) is 0 Å². The quantitative estimate of drug-likeness (QED) is 0.926. The molecule has 1 N–H and O–H groups in total. The van der Waals surface area contributed by atoms with Crippen molar-refractivity contribution in [3.8, 4) is 0 Å². The lowest BCUT2D eigenvalue weighted by molar-refractivity contribution is 0.173. The average Bonchev–Trinajstić information content (AvgIpc) is 2.80. The lowest BCUT2D eigenvalue weighted by Crippen LogP contribution is -2.04. The van der Waals surface area contributed by atoms with E-state index in [2.05, 4.69) is 5.10 Å². The van der Waals surface area contributed by atoms with Crippen molar-refractivity contribution in [3.63, 3.8) is 0 Å². The molecule has 0 bridgehead atoms. The van der Waals surface area contributed by atoms with Crippen LogP contribution in [0.3, 0.4) is 0 Å². The molecule has 1 aromatic carbocycles. The molecule has 1 aromatic heterocycles. The summed E-state index contributed by atoms with van der Waals surface area (Å²) in [5.41, 5.74) is 1.08. The van der Waals surface area contributed by atoms with Crippen LogP contribution in [0.2, 0.25) is 5.02 Å². The Labute approximate surface area is 110 Å². The number of aromatic nitrogens is 2. The first kappa shape index (κ1) is 13.1. The first-order chi connectivity index (χ1) is 8.61. The zero-order chi connectivity index (χ0) is 13.1. The van der Waals surface area contributed by atoms with Gasteiger partial charge in [-0.05, 0) is 18.6 Å². The molecule has 0 saturated carbocycles. The van der Waals surface area contributed by atoms with Crippen LogP contribution in [0.1, 0.15) is 24.2 Å². The molecular weight excluding hydrogens is 255 g/mol. The SMILES string of the molecule is CCn1cc(CC(O)c2cccc(Cl)c2F)cn1. The van der Waals surface area contributed by atoms with Crippen LogP contribution >= 0.6 is 11.6 Å². The topological polar surface area (TPSA) is 38.0 Å². The van der Waals surface area contributed by atoms with Gasteiger partial charge in [0.15, 0.2) is 0 Å². The van der Waals surface area contributed by atoms with Crippen molar-refractivity contribution in [3.05, 3.63) is 52.6 Å².